The van der Waals surface area contributed by atoms with Crippen molar-refractivity contribution >= 4 is 5.91 Å². The maximum absolute atomic E-state index is 12.5. The second-order valence-corrected chi connectivity index (χ2v) is 5.79. The first-order valence-electron chi connectivity index (χ1n) is 8.58. The first-order chi connectivity index (χ1) is 12.2. The summed E-state index contributed by atoms with van der Waals surface area (Å²) in [6, 6.07) is 5.86. The summed E-state index contributed by atoms with van der Waals surface area (Å²) in [4.78, 5) is 22.6. The lowest BCUT2D eigenvalue weighted by Gasteiger charge is -2.21. The summed E-state index contributed by atoms with van der Waals surface area (Å²) in [6.07, 6.45) is 7.13. The lowest BCUT2D eigenvalue weighted by atomic mass is 10.2. The molecule has 2 heterocycles. The van der Waals surface area contributed by atoms with E-state index in [0.717, 1.165) is 24.2 Å². The number of aryl methyl sites for hydroxylation is 2. The van der Waals surface area contributed by atoms with Crippen molar-refractivity contribution in [3.63, 3.8) is 0 Å². The van der Waals surface area contributed by atoms with Crippen molar-refractivity contribution in [3.8, 4) is 6.07 Å². The van der Waals surface area contributed by atoms with Gasteiger partial charge in [-0.05, 0) is 24.5 Å². The average Bonchev–Trinajstić information content (AvgIpc) is 3.07. The summed E-state index contributed by atoms with van der Waals surface area (Å²) in [5.41, 5.74) is 0.954. The first kappa shape index (κ1) is 18.6. The van der Waals surface area contributed by atoms with Crippen LogP contribution in [0.25, 0.3) is 0 Å². The van der Waals surface area contributed by atoms with E-state index >= 15 is 0 Å². The van der Waals surface area contributed by atoms with Gasteiger partial charge in [-0.15, -0.1) is 0 Å². The molecular formula is C18H23N5O2. The van der Waals surface area contributed by atoms with Crippen LogP contribution in [0.2, 0.25) is 0 Å². The molecule has 0 fully saturated rings. The first-order valence-corrected chi connectivity index (χ1v) is 8.58. The molecule has 0 spiro atoms. The maximum Gasteiger partial charge on any atom is 0.226 e. The minimum atomic E-state index is 0.0207. The molecule has 25 heavy (non-hydrogen) atoms. The Bertz CT molecular complexity index is 693. The molecule has 0 saturated heterocycles. The van der Waals surface area contributed by atoms with E-state index in [1.54, 1.807) is 17.3 Å². The Balaban J connectivity index is 1.84. The van der Waals surface area contributed by atoms with Crippen molar-refractivity contribution in [2.75, 3.05) is 6.54 Å². The van der Waals surface area contributed by atoms with E-state index < -0.39 is 0 Å². The second kappa shape index (κ2) is 10.2. The summed E-state index contributed by atoms with van der Waals surface area (Å²) in [5, 5.41) is 12.7. The molecule has 2 aromatic heterocycles. The number of nitriles is 1. The van der Waals surface area contributed by atoms with Gasteiger partial charge in [0.2, 0.25) is 11.8 Å². The zero-order valence-electron chi connectivity index (χ0n) is 14.5. The smallest absolute Gasteiger partial charge is 0.226 e. The largest absolute Gasteiger partial charge is 0.339 e. The van der Waals surface area contributed by atoms with Gasteiger partial charge in [-0.3, -0.25) is 9.78 Å². The van der Waals surface area contributed by atoms with Gasteiger partial charge < -0.3 is 9.42 Å². The highest BCUT2D eigenvalue weighted by Gasteiger charge is 2.14. The van der Waals surface area contributed by atoms with Gasteiger partial charge in [0.15, 0.2) is 5.82 Å². The molecule has 0 aliphatic carbocycles. The predicted octanol–water partition coefficient (Wildman–Crippen LogP) is 2.68. The number of rotatable bonds is 10. The van der Waals surface area contributed by atoms with E-state index in [1.165, 1.54) is 0 Å². The average molecular weight is 341 g/mol. The van der Waals surface area contributed by atoms with Crippen molar-refractivity contribution in [2.24, 2.45) is 0 Å². The van der Waals surface area contributed by atoms with E-state index in [2.05, 4.69) is 28.1 Å². The van der Waals surface area contributed by atoms with Gasteiger partial charge in [0.25, 0.3) is 0 Å². The van der Waals surface area contributed by atoms with Crippen molar-refractivity contribution in [2.45, 2.75) is 52.0 Å². The van der Waals surface area contributed by atoms with Crippen molar-refractivity contribution in [3.05, 3.63) is 41.8 Å². The number of nitrogens with zero attached hydrogens (tertiary/aromatic N) is 5. The third kappa shape index (κ3) is 6.34. The topological polar surface area (TPSA) is 95.9 Å². The molecule has 0 radical (unpaired) electrons. The van der Waals surface area contributed by atoms with Crippen LogP contribution in [0.3, 0.4) is 0 Å². The maximum atomic E-state index is 12.5. The van der Waals surface area contributed by atoms with E-state index in [9.17, 15) is 4.79 Å². The molecule has 0 aliphatic rings. The van der Waals surface area contributed by atoms with Gasteiger partial charge in [0.1, 0.15) is 0 Å². The van der Waals surface area contributed by atoms with Crippen molar-refractivity contribution < 1.29 is 9.32 Å². The molecule has 132 valence electrons. The SMILES string of the molecule is CCCc1noc(CCCC(=O)N(CCC#N)Cc2cccnc2)n1. The normalized spacial score (nSPS) is 10.4. The molecule has 0 atom stereocenters. The Labute approximate surface area is 147 Å². The molecule has 0 unspecified atom stereocenters. The van der Waals surface area contributed by atoms with Crippen LogP contribution in [-0.4, -0.2) is 32.5 Å². The number of hydrogen-bond acceptors (Lipinski definition) is 6. The highest BCUT2D eigenvalue weighted by atomic mass is 16.5. The molecule has 2 rings (SSSR count). The monoisotopic (exact) mass is 341 g/mol. The van der Waals surface area contributed by atoms with Crippen LogP contribution in [-0.2, 0) is 24.2 Å². The Morgan fingerprint density at radius 1 is 1.40 bits per heavy atom. The molecule has 0 saturated carbocycles. The third-order valence-corrected chi connectivity index (χ3v) is 3.71. The zero-order chi connectivity index (χ0) is 17.9. The van der Waals surface area contributed by atoms with E-state index in [4.69, 9.17) is 9.78 Å². The summed E-state index contributed by atoms with van der Waals surface area (Å²) in [5.74, 6) is 1.32. The van der Waals surface area contributed by atoms with Crippen LogP contribution in [0.15, 0.2) is 29.0 Å². The predicted molar refractivity (Wildman–Crippen MR) is 91.1 cm³/mol. The van der Waals surface area contributed by atoms with Gasteiger partial charge in [0, 0.05) is 44.7 Å². The molecule has 0 N–H and O–H groups in total. The molecule has 2 aromatic rings. The fraction of sp³-hybridized carbons (Fsp3) is 0.500. The fourth-order valence-electron chi connectivity index (χ4n) is 2.45. The Kier molecular flexibility index (Phi) is 7.57. The van der Waals surface area contributed by atoms with Gasteiger partial charge >= 0.3 is 0 Å². The molecule has 1 amide bonds. The van der Waals surface area contributed by atoms with Crippen molar-refractivity contribution in [1.82, 2.24) is 20.0 Å². The van der Waals surface area contributed by atoms with Gasteiger partial charge in [0.05, 0.1) is 12.5 Å². The minimum Gasteiger partial charge on any atom is -0.339 e. The van der Waals surface area contributed by atoms with Gasteiger partial charge in [-0.1, -0.05) is 18.1 Å². The highest BCUT2D eigenvalue weighted by molar-refractivity contribution is 5.76. The van der Waals surface area contributed by atoms with Crippen molar-refractivity contribution in [1.29, 1.82) is 5.26 Å². The second-order valence-electron chi connectivity index (χ2n) is 5.79. The molecule has 7 nitrogen and oxygen atoms in total. The Morgan fingerprint density at radius 2 is 2.28 bits per heavy atom. The number of aromatic nitrogens is 3. The van der Waals surface area contributed by atoms with Crippen LogP contribution in [0.4, 0.5) is 0 Å². The quantitative estimate of drug-likeness (QED) is 0.659. The molecular weight excluding hydrogens is 318 g/mol. The summed E-state index contributed by atoms with van der Waals surface area (Å²) in [7, 11) is 0. The van der Waals surface area contributed by atoms with Crippen LogP contribution >= 0.6 is 0 Å². The van der Waals surface area contributed by atoms with Gasteiger partial charge in [-0.25, -0.2) is 0 Å². The van der Waals surface area contributed by atoms with Crippen LogP contribution in [0, 0.1) is 11.3 Å². The van der Waals surface area contributed by atoms with Crippen LogP contribution in [0.1, 0.15) is 49.9 Å². The molecule has 0 aliphatic heterocycles. The number of carbonyl (C=O) groups is 1. The fourth-order valence-corrected chi connectivity index (χ4v) is 2.45. The minimum absolute atomic E-state index is 0.0207. The molecule has 7 heteroatoms. The number of amides is 1. The van der Waals surface area contributed by atoms with E-state index in [-0.39, 0.29) is 5.91 Å². The lowest BCUT2D eigenvalue weighted by Crippen LogP contribution is -2.31. The Hall–Kier alpha value is -2.75. The van der Waals surface area contributed by atoms with E-state index in [0.29, 0.717) is 44.7 Å². The van der Waals surface area contributed by atoms with Crippen LogP contribution < -0.4 is 0 Å². The number of pyridine rings is 1. The van der Waals surface area contributed by atoms with Gasteiger partial charge in [-0.2, -0.15) is 10.2 Å². The Morgan fingerprint density at radius 3 is 3.00 bits per heavy atom. The molecule has 0 bridgehead atoms. The third-order valence-electron chi connectivity index (χ3n) is 3.71. The number of carbonyl (C=O) groups excluding carboxylic acids is 1. The number of hydrogen-bond donors (Lipinski definition) is 0. The zero-order valence-corrected chi connectivity index (χ0v) is 14.5. The highest BCUT2D eigenvalue weighted by Crippen LogP contribution is 2.10. The summed E-state index contributed by atoms with van der Waals surface area (Å²) in [6.45, 7) is 2.95. The molecule has 0 aromatic carbocycles. The lowest BCUT2D eigenvalue weighted by molar-refractivity contribution is -0.131. The summed E-state index contributed by atoms with van der Waals surface area (Å²) < 4.78 is 5.18. The summed E-state index contributed by atoms with van der Waals surface area (Å²) >= 11 is 0. The van der Waals surface area contributed by atoms with Crippen LogP contribution in [0.5, 0.6) is 0 Å². The standard InChI is InChI=1S/C18H23N5O2/c1-2-6-16-21-17(25-22-16)8-3-9-18(24)23(12-5-10-19)14-15-7-4-11-20-13-15/h4,7,11,13H,2-3,5-6,8-9,12,14H2,1H3. The van der Waals surface area contributed by atoms with E-state index in [1.807, 2.05) is 12.1 Å².